The predicted octanol–water partition coefficient (Wildman–Crippen LogP) is 10.9. The standard InChI is InChI=1S/C43H65IN5O7Si.3C4H9.Sn/c1-13-36(54-9)28(4)38(55-10)29(5)39(50)47-37(27(2)3)41(52)46-35(25-30-17-15-20-33(24-30)56-57(11,12)43(6,7)8)42(53)49-22-16-21-34(48-49)40(51)45-26-31-18-14-19-32(44)23-31;3*1-3-4-2;/h1,13-15,17-20,23-24,27-29,34-38,48H,16,21-22,25-26H2,2-12H3,(H,45,51)(H,46,52)(H,47,50);3*1,3-4H2,2H3;/t28-,29+,34-,35-,36-,37-,38+;;;;/m0..../s1. The number of amides is 4. The molecule has 7 atom stereocenters. The Morgan fingerprint density at radius 1 is 0.871 bits per heavy atom. The molecule has 0 unspecified atom stereocenters. The van der Waals surface area contributed by atoms with E-state index in [-0.39, 0.29) is 47.1 Å². The third-order valence-corrected chi connectivity index (χ3v) is 33.9. The van der Waals surface area contributed by atoms with Gasteiger partial charge in [-0.3, -0.25) is 14.6 Å². The van der Waals surface area contributed by atoms with Crippen molar-refractivity contribution in [2.45, 2.75) is 195 Å². The molecular formula is C55H92IN5O7SiSn. The van der Waals surface area contributed by atoms with Gasteiger partial charge in [0.2, 0.25) is 14.2 Å². The summed E-state index contributed by atoms with van der Waals surface area (Å²) in [6, 6.07) is 13.0. The fourth-order valence-electron chi connectivity index (χ4n) is 9.17. The SMILES string of the molecule is CCC[CH2][Sn](/[CH]=C/[C@H](OC)[C@H](C)[C@@H](OC)[C@@H](C)C(=O)N[C@H](C(=O)N[C@@H](Cc1cccc(O[Si](C)(C)C(C)(C)C)c1)C(=O)N1CCC[C@@H](C(=O)NCc2cccc(I)c2)N1)C(C)C)([CH2]CCC)[CH2]CCC. The molecule has 3 rings (SSSR count). The fraction of sp³-hybridized carbons (Fsp3) is 0.673. The zero-order valence-electron chi connectivity index (χ0n) is 45.5. The number of carbonyl (C=O) groups excluding carboxylic acids is 4. The van der Waals surface area contributed by atoms with Crippen molar-refractivity contribution in [2.24, 2.45) is 17.8 Å². The van der Waals surface area contributed by atoms with Gasteiger partial charge in [0.05, 0.1) is 0 Å². The van der Waals surface area contributed by atoms with Crippen LogP contribution in [0.3, 0.4) is 0 Å². The van der Waals surface area contributed by atoms with Crippen molar-refractivity contribution in [1.29, 1.82) is 0 Å². The molecule has 0 spiro atoms. The number of benzene rings is 2. The molecule has 2 aromatic carbocycles. The molecule has 4 amide bonds. The molecule has 70 heavy (non-hydrogen) atoms. The van der Waals surface area contributed by atoms with Gasteiger partial charge in [0.15, 0.2) is 0 Å². The molecule has 0 bridgehead atoms. The van der Waals surface area contributed by atoms with Gasteiger partial charge in [-0.15, -0.1) is 0 Å². The Balaban J connectivity index is 1.89. The predicted molar refractivity (Wildman–Crippen MR) is 300 cm³/mol. The van der Waals surface area contributed by atoms with Gasteiger partial charge in [-0.05, 0) is 89.0 Å². The molecule has 394 valence electrons. The van der Waals surface area contributed by atoms with Gasteiger partial charge in [0, 0.05) is 23.1 Å². The van der Waals surface area contributed by atoms with Crippen LogP contribution >= 0.6 is 22.6 Å². The average Bonchev–Trinajstić information content (AvgIpc) is 3.32. The minimum atomic E-state index is -2.63. The van der Waals surface area contributed by atoms with Crippen molar-refractivity contribution in [3.8, 4) is 5.75 Å². The summed E-state index contributed by atoms with van der Waals surface area (Å²) in [6.07, 6.45) is 10.3. The van der Waals surface area contributed by atoms with Crippen LogP contribution in [0.4, 0.5) is 0 Å². The van der Waals surface area contributed by atoms with E-state index in [9.17, 15) is 19.2 Å². The Morgan fingerprint density at radius 3 is 2.04 bits per heavy atom. The number of nitrogens with zero attached hydrogens (tertiary/aromatic N) is 1. The molecule has 1 saturated heterocycles. The van der Waals surface area contributed by atoms with Crippen LogP contribution in [0.15, 0.2) is 58.7 Å². The monoisotopic (exact) mass is 1210 g/mol. The van der Waals surface area contributed by atoms with Gasteiger partial charge in [-0.1, -0.05) is 45.0 Å². The van der Waals surface area contributed by atoms with E-state index in [0.717, 1.165) is 14.7 Å². The van der Waals surface area contributed by atoms with Crippen molar-refractivity contribution < 1.29 is 33.1 Å². The maximum absolute atomic E-state index is 14.7. The molecule has 0 aromatic heterocycles. The molecule has 2 aromatic rings. The first-order valence-corrected chi connectivity index (χ1v) is 38.0. The summed E-state index contributed by atoms with van der Waals surface area (Å²) in [5.41, 5.74) is 4.98. The van der Waals surface area contributed by atoms with Crippen LogP contribution in [0.25, 0.3) is 0 Å². The number of hydrazine groups is 1. The van der Waals surface area contributed by atoms with Gasteiger partial charge in [-0.25, -0.2) is 5.43 Å². The molecular weight excluding hydrogens is 1120 g/mol. The number of hydrogen-bond acceptors (Lipinski definition) is 8. The topological polar surface area (TPSA) is 147 Å². The summed E-state index contributed by atoms with van der Waals surface area (Å²) in [6.45, 7) is 26.2. The summed E-state index contributed by atoms with van der Waals surface area (Å²) < 4.78 is 26.7. The van der Waals surface area contributed by atoms with Crippen molar-refractivity contribution in [3.05, 3.63) is 73.4 Å². The van der Waals surface area contributed by atoms with E-state index in [0.29, 0.717) is 31.7 Å². The number of unbranched alkanes of at least 4 members (excludes halogenated alkanes) is 3. The summed E-state index contributed by atoms with van der Waals surface area (Å²) in [5.74, 6) is -1.75. The molecule has 1 aliphatic heterocycles. The van der Waals surface area contributed by atoms with Gasteiger partial charge in [-0.2, -0.15) is 0 Å². The number of halogens is 1. The number of hydrogen-bond donors (Lipinski definition) is 4. The van der Waals surface area contributed by atoms with Gasteiger partial charge in [0.25, 0.3) is 5.91 Å². The van der Waals surface area contributed by atoms with Gasteiger partial charge in [0.1, 0.15) is 11.8 Å². The summed E-state index contributed by atoms with van der Waals surface area (Å²) in [4.78, 5) is 57.2. The summed E-state index contributed by atoms with van der Waals surface area (Å²) >= 11 is -0.382. The number of rotatable bonds is 29. The third kappa shape index (κ3) is 19.1. The van der Waals surface area contributed by atoms with E-state index in [4.69, 9.17) is 13.9 Å². The van der Waals surface area contributed by atoms with Crippen molar-refractivity contribution in [2.75, 3.05) is 20.8 Å². The second-order valence-electron chi connectivity index (χ2n) is 21.7. The first-order chi connectivity index (χ1) is 33.0. The Hall–Kier alpha value is -2.51. The molecule has 1 aliphatic rings. The van der Waals surface area contributed by atoms with Crippen molar-refractivity contribution in [3.63, 3.8) is 0 Å². The van der Waals surface area contributed by atoms with Crippen LogP contribution in [-0.2, 0) is 41.6 Å². The third-order valence-electron chi connectivity index (χ3n) is 14.7. The Labute approximate surface area is 442 Å². The van der Waals surface area contributed by atoms with Crippen LogP contribution < -0.4 is 25.8 Å². The van der Waals surface area contributed by atoms with Gasteiger partial charge < -0.3 is 9.74 Å². The van der Waals surface area contributed by atoms with E-state index in [1.54, 1.807) is 14.2 Å². The van der Waals surface area contributed by atoms with Crippen LogP contribution in [0.5, 0.6) is 5.75 Å². The zero-order chi connectivity index (χ0) is 52.2. The van der Waals surface area contributed by atoms with E-state index < -0.39 is 62.7 Å². The molecule has 1 fully saturated rings. The molecule has 0 aliphatic carbocycles. The summed E-state index contributed by atoms with van der Waals surface area (Å²) in [5, 5.41) is 10.6. The maximum atomic E-state index is 14.7. The average molecular weight is 1210 g/mol. The van der Waals surface area contributed by atoms with Crippen LogP contribution in [0.1, 0.15) is 132 Å². The first kappa shape index (κ1) is 61.8. The molecule has 4 N–H and O–H groups in total. The van der Waals surface area contributed by atoms with Crippen molar-refractivity contribution in [1.82, 2.24) is 26.4 Å². The minimum absolute atomic E-state index is 0.0273. The first-order valence-electron chi connectivity index (χ1n) is 26.3. The Morgan fingerprint density at radius 2 is 1.49 bits per heavy atom. The number of carbonyl (C=O) groups is 4. The van der Waals surface area contributed by atoms with E-state index >= 15 is 0 Å². The van der Waals surface area contributed by atoms with Crippen LogP contribution in [0.2, 0.25) is 31.4 Å². The molecule has 1 heterocycles. The van der Waals surface area contributed by atoms with E-state index in [1.807, 2.05) is 69.3 Å². The quantitative estimate of drug-likeness (QED) is 0.0465. The van der Waals surface area contributed by atoms with Crippen LogP contribution in [-0.4, -0.2) is 106 Å². The molecule has 0 saturated carbocycles. The number of methoxy groups -OCH3 is 2. The number of ether oxygens (including phenoxy) is 2. The zero-order valence-corrected chi connectivity index (χ0v) is 51.5. The summed E-state index contributed by atoms with van der Waals surface area (Å²) in [7, 11) is 1.18. The van der Waals surface area contributed by atoms with E-state index in [2.05, 4.69) is 116 Å². The van der Waals surface area contributed by atoms with E-state index in [1.165, 1.54) is 56.8 Å². The van der Waals surface area contributed by atoms with Crippen molar-refractivity contribution >= 4 is 72.9 Å². The Bertz CT molecular complexity index is 1960. The second kappa shape index (κ2) is 30.0. The second-order valence-corrected chi connectivity index (χ2v) is 40.7. The molecule has 12 nitrogen and oxygen atoms in total. The molecule has 15 heteroatoms. The van der Waals surface area contributed by atoms with Crippen LogP contribution in [0, 0.1) is 21.3 Å². The molecule has 0 radical (unpaired) electrons. The number of nitrogens with one attached hydrogen (secondary N) is 4. The van der Waals surface area contributed by atoms with Gasteiger partial charge >= 0.3 is 227 Å². The normalized spacial score (nSPS) is 17.4. The fourth-order valence-corrected chi connectivity index (χ4v) is 25.1. The Kier molecular flexibility index (Phi) is 26.5.